The van der Waals surface area contributed by atoms with Gasteiger partial charge in [-0.15, -0.1) is 0 Å². The van der Waals surface area contributed by atoms with Crippen LogP contribution in [0.3, 0.4) is 0 Å². The van der Waals surface area contributed by atoms with E-state index >= 15 is 0 Å². The Morgan fingerprint density at radius 1 is 1.15 bits per heavy atom. The van der Waals surface area contributed by atoms with Crippen molar-refractivity contribution in [3.05, 3.63) is 35.9 Å². The molecule has 2 N–H and O–H groups in total. The molecule has 27 heavy (non-hydrogen) atoms. The molecule has 6 heteroatoms. The monoisotopic (exact) mass is 375 g/mol. The molecule has 150 valence electrons. The molecule has 1 saturated carbocycles. The van der Waals surface area contributed by atoms with Crippen molar-refractivity contribution in [2.75, 3.05) is 20.6 Å². The highest BCUT2D eigenvalue weighted by molar-refractivity contribution is 5.82. The number of carbonyl (C=O) groups is 2. The highest BCUT2D eigenvalue weighted by Crippen LogP contribution is 2.40. The zero-order valence-electron chi connectivity index (χ0n) is 17.2. The van der Waals surface area contributed by atoms with Crippen molar-refractivity contribution in [2.45, 2.75) is 63.6 Å². The predicted molar refractivity (Wildman–Crippen MR) is 106 cm³/mol. The molecule has 1 aliphatic carbocycles. The first-order chi connectivity index (χ1) is 12.6. The van der Waals surface area contributed by atoms with E-state index in [1.807, 2.05) is 6.07 Å². The summed E-state index contributed by atoms with van der Waals surface area (Å²) in [5, 5.41) is 5.54. The lowest BCUT2D eigenvalue weighted by Crippen LogP contribution is -2.50. The molecule has 0 spiro atoms. The van der Waals surface area contributed by atoms with Gasteiger partial charge in [0.05, 0.1) is 0 Å². The van der Waals surface area contributed by atoms with Crippen molar-refractivity contribution < 1.29 is 14.3 Å². The second-order valence-corrected chi connectivity index (χ2v) is 8.49. The third-order valence-corrected chi connectivity index (χ3v) is 5.14. The van der Waals surface area contributed by atoms with Crippen LogP contribution in [0.1, 0.15) is 52.0 Å². The average molecular weight is 376 g/mol. The van der Waals surface area contributed by atoms with Gasteiger partial charge in [-0.25, -0.2) is 4.79 Å². The summed E-state index contributed by atoms with van der Waals surface area (Å²) in [5.74, 6) is -0.178. The number of nitrogens with zero attached hydrogens (tertiary/aromatic N) is 1. The molecular formula is C21H33N3O3. The van der Waals surface area contributed by atoms with Gasteiger partial charge >= 0.3 is 6.09 Å². The zero-order chi connectivity index (χ0) is 20.1. The van der Waals surface area contributed by atoms with Crippen molar-refractivity contribution in [1.82, 2.24) is 15.5 Å². The molecule has 0 atom stereocenters. The molecule has 0 radical (unpaired) electrons. The number of ether oxygens (including phenoxy) is 1. The molecule has 1 aromatic rings. The minimum atomic E-state index is -0.573. The number of amides is 2. The van der Waals surface area contributed by atoms with E-state index in [-0.39, 0.29) is 24.0 Å². The first-order valence-corrected chi connectivity index (χ1v) is 9.61. The molecule has 0 heterocycles. The number of carbonyl (C=O) groups excluding carboxylic acids is 2. The van der Waals surface area contributed by atoms with Gasteiger partial charge in [0.1, 0.15) is 12.1 Å². The average Bonchev–Trinajstić information content (AvgIpc) is 2.60. The molecule has 1 aromatic carbocycles. The Balaban J connectivity index is 1.84. The number of hydrogen-bond acceptors (Lipinski definition) is 4. The Morgan fingerprint density at radius 3 is 2.26 bits per heavy atom. The second-order valence-electron chi connectivity index (χ2n) is 8.49. The normalized spacial score (nSPS) is 23.0. The molecule has 1 aliphatic rings. The minimum absolute atomic E-state index is 0.0112. The maximum Gasteiger partial charge on any atom is 0.408 e. The van der Waals surface area contributed by atoms with E-state index in [1.54, 1.807) is 20.8 Å². The van der Waals surface area contributed by atoms with E-state index in [1.165, 1.54) is 5.56 Å². The quantitative estimate of drug-likeness (QED) is 0.830. The summed E-state index contributed by atoms with van der Waals surface area (Å²) in [7, 11) is 4.24. The summed E-state index contributed by atoms with van der Waals surface area (Å²) in [6.07, 6.45) is 3.20. The van der Waals surface area contributed by atoms with Crippen LogP contribution in [0.25, 0.3) is 0 Å². The van der Waals surface area contributed by atoms with Crippen LogP contribution in [-0.4, -0.2) is 49.2 Å². The molecule has 0 aromatic heterocycles. The fraction of sp³-hybridized carbons (Fsp3) is 0.619. The fourth-order valence-corrected chi connectivity index (χ4v) is 3.73. The minimum Gasteiger partial charge on any atom is -0.444 e. The number of benzene rings is 1. The molecule has 2 rings (SSSR count). The standard InChI is InChI=1S/C21H33N3O3/c1-20(2,3)27-19(26)22-15-18(25)23-17-11-13-21(14-12-17,24(4)5)16-9-7-6-8-10-16/h6-10,17H,11-15H2,1-5H3,(H,22,26)(H,23,25). The molecule has 0 saturated heterocycles. The number of hydrogen-bond donors (Lipinski definition) is 2. The Hall–Kier alpha value is -2.08. The van der Waals surface area contributed by atoms with Crippen LogP contribution in [0.5, 0.6) is 0 Å². The van der Waals surface area contributed by atoms with Crippen LogP contribution in [0.4, 0.5) is 4.79 Å². The van der Waals surface area contributed by atoms with Gasteiger partial charge in [-0.1, -0.05) is 30.3 Å². The molecule has 2 amide bonds. The summed E-state index contributed by atoms with van der Waals surface area (Å²) in [4.78, 5) is 26.1. The van der Waals surface area contributed by atoms with Crippen molar-refractivity contribution >= 4 is 12.0 Å². The van der Waals surface area contributed by atoms with Gasteiger partial charge in [0.25, 0.3) is 0 Å². The van der Waals surface area contributed by atoms with Gasteiger partial charge in [-0.05, 0) is 66.1 Å². The van der Waals surface area contributed by atoms with Crippen LogP contribution in [0, 0.1) is 0 Å². The lowest BCUT2D eigenvalue weighted by atomic mass is 9.74. The fourth-order valence-electron chi connectivity index (χ4n) is 3.73. The molecular weight excluding hydrogens is 342 g/mol. The number of alkyl carbamates (subject to hydrolysis) is 1. The maximum atomic E-state index is 12.2. The van der Waals surface area contributed by atoms with Gasteiger partial charge in [-0.3, -0.25) is 9.69 Å². The Kier molecular flexibility index (Phi) is 6.87. The van der Waals surface area contributed by atoms with Crippen molar-refractivity contribution in [3.8, 4) is 0 Å². The van der Waals surface area contributed by atoms with Gasteiger partial charge < -0.3 is 15.4 Å². The van der Waals surface area contributed by atoms with Crippen LogP contribution in [0.15, 0.2) is 30.3 Å². The van der Waals surface area contributed by atoms with Gasteiger partial charge in [0.15, 0.2) is 0 Å². The third kappa shape index (κ3) is 5.96. The Labute approximate surface area is 162 Å². The lowest BCUT2D eigenvalue weighted by Gasteiger charge is -2.45. The molecule has 0 bridgehead atoms. The van der Waals surface area contributed by atoms with E-state index in [0.29, 0.717) is 0 Å². The summed E-state index contributed by atoms with van der Waals surface area (Å²) in [6.45, 7) is 5.30. The first kappa shape index (κ1) is 21.2. The first-order valence-electron chi connectivity index (χ1n) is 9.61. The largest absolute Gasteiger partial charge is 0.444 e. The van der Waals surface area contributed by atoms with Crippen molar-refractivity contribution in [1.29, 1.82) is 0 Å². The molecule has 0 unspecified atom stereocenters. The van der Waals surface area contributed by atoms with Gasteiger partial charge in [0.2, 0.25) is 5.91 Å². The number of rotatable bonds is 5. The number of nitrogens with one attached hydrogen (secondary N) is 2. The van der Waals surface area contributed by atoms with Crippen LogP contribution in [-0.2, 0) is 15.1 Å². The van der Waals surface area contributed by atoms with Crippen molar-refractivity contribution in [2.24, 2.45) is 0 Å². The second kappa shape index (κ2) is 8.74. The van der Waals surface area contributed by atoms with Crippen LogP contribution in [0.2, 0.25) is 0 Å². The van der Waals surface area contributed by atoms with E-state index in [9.17, 15) is 9.59 Å². The SMILES string of the molecule is CN(C)C1(c2ccccc2)CCC(NC(=O)CNC(=O)OC(C)(C)C)CC1. The third-order valence-electron chi connectivity index (χ3n) is 5.14. The van der Waals surface area contributed by atoms with E-state index in [4.69, 9.17) is 4.74 Å². The van der Waals surface area contributed by atoms with E-state index in [0.717, 1.165) is 25.7 Å². The summed E-state index contributed by atoms with van der Waals surface area (Å²) in [6, 6.07) is 10.7. The summed E-state index contributed by atoms with van der Waals surface area (Å²) >= 11 is 0. The zero-order valence-corrected chi connectivity index (χ0v) is 17.2. The topological polar surface area (TPSA) is 70.7 Å². The van der Waals surface area contributed by atoms with Gasteiger partial charge in [-0.2, -0.15) is 0 Å². The van der Waals surface area contributed by atoms with E-state index < -0.39 is 11.7 Å². The highest BCUT2D eigenvalue weighted by atomic mass is 16.6. The predicted octanol–water partition coefficient (Wildman–Crippen LogP) is 3.03. The summed E-state index contributed by atoms with van der Waals surface area (Å²) in [5.41, 5.74) is 0.764. The molecule has 0 aliphatic heterocycles. The Bertz CT molecular complexity index is 630. The summed E-state index contributed by atoms with van der Waals surface area (Å²) < 4.78 is 5.15. The van der Waals surface area contributed by atoms with Crippen LogP contribution >= 0.6 is 0 Å². The molecule has 6 nitrogen and oxygen atoms in total. The Morgan fingerprint density at radius 2 is 1.74 bits per heavy atom. The van der Waals surface area contributed by atoms with Crippen molar-refractivity contribution in [3.63, 3.8) is 0 Å². The van der Waals surface area contributed by atoms with Gasteiger partial charge in [0, 0.05) is 11.6 Å². The smallest absolute Gasteiger partial charge is 0.408 e. The molecule has 1 fully saturated rings. The van der Waals surface area contributed by atoms with E-state index in [2.05, 4.69) is 53.9 Å². The maximum absolute atomic E-state index is 12.2. The lowest BCUT2D eigenvalue weighted by molar-refractivity contribution is -0.121. The van der Waals surface area contributed by atoms with Crippen LogP contribution < -0.4 is 10.6 Å². The highest BCUT2D eigenvalue weighted by Gasteiger charge is 2.38.